The Kier molecular flexibility index (Phi) is 55.9. The van der Waals surface area contributed by atoms with Crippen molar-refractivity contribution in [2.75, 3.05) is 204 Å². The van der Waals surface area contributed by atoms with Gasteiger partial charge in [-0.2, -0.15) is 0 Å². The number of carbonyl (C=O) groups is 4. The van der Waals surface area contributed by atoms with Gasteiger partial charge in [0.05, 0.1) is 45.8 Å². The molecule has 0 aromatic carbocycles. The van der Waals surface area contributed by atoms with Gasteiger partial charge in [0.15, 0.2) is 0 Å². The molecule has 0 fully saturated rings. The lowest BCUT2D eigenvalue weighted by Gasteiger charge is -2.38. The normalized spacial score (nSPS) is 12.8. The van der Waals surface area contributed by atoms with Crippen LogP contribution in [0.5, 0.6) is 0 Å². The molecule has 0 aliphatic rings. The summed E-state index contributed by atoms with van der Waals surface area (Å²) in [5, 5.41) is 18.2. The molecule has 0 radical (unpaired) electrons. The molecule has 0 spiro atoms. The molecule has 574 valence electrons. The highest BCUT2D eigenvalue weighted by molar-refractivity contribution is 5.76. The van der Waals surface area contributed by atoms with E-state index >= 15 is 0 Å². The summed E-state index contributed by atoms with van der Waals surface area (Å²) in [4.78, 5) is 66.1. The lowest BCUT2D eigenvalue weighted by molar-refractivity contribution is -0.148. The van der Waals surface area contributed by atoms with Crippen LogP contribution in [0.15, 0.2) is 12.2 Å². The number of hydrogen-bond donors (Lipinski definition) is 6. The second kappa shape index (κ2) is 57.6. The molecule has 0 unspecified atom stereocenters. The van der Waals surface area contributed by atoms with Crippen molar-refractivity contribution in [1.29, 1.82) is 0 Å². The van der Waals surface area contributed by atoms with Gasteiger partial charge in [-0.1, -0.05) is 91.2 Å². The number of methoxy groups -OCH3 is 1. The van der Waals surface area contributed by atoms with Crippen LogP contribution in [0.2, 0.25) is 0 Å². The Bertz CT molecular complexity index is 1940. The first kappa shape index (κ1) is 94.1. The highest BCUT2D eigenvalue weighted by Crippen LogP contribution is 2.21. The Morgan fingerprint density at radius 3 is 1.23 bits per heavy atom. The number of nitrogens with one attached hydrogen (secondary N) is 5. The molecule has 21 heteroatoms. The number of nitrogens with two attached hydrogens (primary N) is 1. The summed E-state index contributed by atoms with van der Waals surface area (Å²) in [6.07, 6.45) is 22.2. The van der Waals surface area contributed by atoms with Crippen molar-refractivity contribution in [1.82, 2.24) is 56.0 Å². The zero-order chi connectivity index (χ0) is 72.7. The van der Waals surface area contributed by atoms with E-state index in [1.165, 1.54) is 51.4 Å². The summed E-state index contributed by atoms with van der Waals surface area (Å²) in [6, 6.07) is 0. The monoisotopic (exact) mass is 1380 g/mol. The summed E-state index contributed by atoms with van der Waals surface area (Å²) in [5.41, 5.74) is 6.30. The highest BCUT2D eigenvalue weighted by Gasteiger charge is 2.24. The largest absolute Gasteiger partial charge is 0.464 e. The van der Waals surface area contributed by atoms with E-state index in [9.17, 15) is 19.2 Å². The number of carbonyl (C=O) groups excluding carboxylic acids is 4. The van der Waals surface area contributed by atoms with Crippen LogP contribution in [0.3, 0.4) is 0 Å². The maximum Gasteiger partial charge on any atom is 0.307 e. The maximum atomic E-state index is 13.6. The Labute approximate surface area is 595 Å². The fourth-order valence-electron chi connectivity index (χ4n) is 10.8. The number of rotatable bonds is 64. The number of allylic oxidation sites excluding steroid dienone is 2. The Balaban J connectivity index is 5.75. The van der Waals surface area contributed by atoms with Gasteiger partial charge in [-0.05, 0) is 127 Å². The molecule has 97 heavy (non-hydrogen) atoms. The number of ether oxygens (including phenoxy) is 5. The standard InChI is InChI=1S/C76H156N12O9/c1-18-19-20-21-22-23-24-25-26-27-28-29-30-31-32-33-68(89)87(60-62-95-69(90)34-37-72(2,3)4)61-63-96-70(91)35-39-78-41-47-84(48-43-80-73(5,6)7)53-55-86(50-45-82-75(11,12)13)57-56-85(49-44-81-74(8,9)10)54-52-83(46-38-77)58-59-88(76(14,15)16)51-42-79-40-36-71(92)97-67-66-94-65-64-93-17/h25-26,78-82H,18-24,27-67,77H2,1-17H3/b26-25-. The summed E-state index contributed by atoms with van der Waals surface area (Å²) >= 11 is 0. The minimum absolute atomic E-state index is 0.00258. The molecule has 7 N–H and O–H groups in total. The van der Waals surface area contributed by atoms with E-state index in [0.29, 0.717) is 58.7 Å². The van der Waals surface area contributed by atoms with Crippen molar-refractivity contribution in [3.8, 4) is 0 Å². The van der Waals surface area contributed by atoms with Gasteiger partial charge in [0.25, 0.3) is 0 Å². The van der Waals surface area contributed by atoms with Crippen LogP contribution >= 0.6 is 0 Å². The van der Waals surface area contributed by atoms with Gasteiger partial charge in [0.1, 0.15) is 19.8 Å². The number of unbranched alkanes of at least 4 members (excludes halogenated alkanes) is 11. The van der Waals surface area contributed by atoms with Crippen LogP contribution in [0.4, 0.5) is 0 Å². The number of amides is 1. The molecule has 21 nitrogen and oxygen atoms in total. The molecular weight excluding hydrogens is 1220 g/mol. The van der Waals surface area contributed by atoms with Crippen LogP contribution in [0.1, 0.15) is 226 Å². The lowest BCUT2D eigenvalue weighted by atomic mass is 9.91. The van der Waals surface area contributed by atoms with Crippen LogP contribution < -0.4 is 32.3 Å². The lowest BCUT2D eigenvalue weighted by Crippen LogP contribution is -2.50. The second-order valence-electron chi connectivity index (χ2n) is 31.9. The number of nitrogens with zero attached hydrogens (tertiary/aromatic N) is 6. The van der Waals surface area contributed by atoms with Crippen LogP contribution in [0.25, 0.3) is 0 Å². The molecule has 0 aliphatic heterocycles. The van der Waals surface area contributed by atoms with Gasteiger partial charge in [0, 0.05) is 186 Å². The van der Waals surface area contributed by atoms with E-state index in [-0.39, 0.29) is 90.7 Å². The summed E-state index contributed by atoms with van der Waals surface area (Å²) in [6.45, 7) is 56.2. The quantitative estimate of drug-likeness (QED) is 0.0145. The van der Waals surface area contributed by atoms with Gasteiger partial charge < -0.3 is 60.9 Å². The average molecular weight is 1380 g/mol. The second-order valence-corrected chi connectivity index (χ2v) is 31.9. The molecule has 0 atom stereocenters. The minimum atomic E-state index is -0.301. The number of hydrogen-bond acceptors (Lipinski definition) is 20. The smallest absolute Gasteiger partial charge is 0.307 e. The van der Waals surface area contributed by atoms with E-state index in [2.05, 4.69) is 174 Å². The topological polar surface area (TPSA) is 220 Å². The molecule has 0 saturated carbocycles. The van der Waals surface area contributed by atoms with Gasteiger partial charge in [-0.15, -0.1) is 0 Å². The summed E-state index contributed by atoms with van der Waals surface area (Å²) in [7, 11) is 1.63. The molecule has 0 bridgehead atoms. The van der Waals surface area contributed by atoms with Gasteiger partial charge in [-0.25, -0.2) is 0 Å². The predicted molar refractivity (Wildman–Crippen MR) is 405 cm³/mol. The van der Waals surface area contributed by atoms with Crippen molar-refractivity contribution < 1.29 is 42.9 Å². The molecule has 1 amide bonds. The van der Waals surface area contributed by atoms with Crippen molar-refractivity contribution in [2.24, 2.45) is 11.1 Å². The van der Waals surface area contributed by atoms with Crippen molar-refractivity contribution in [3.63, 3.8) is 0 Å². The minimum Gasteiger partial charge on any atom is -0.464 e. The van der Waals surface area contributed by atoms with E-state index < -0.39 is 0 Å². The zero-order valence-corrected chi connectivity index (χ0v) is 66.0. The first-order valence-corrected chi connectivity index (χ1v) is 38.3. The van der Waals surface area contributed by atoms with Crippen LogP contribution in [-0.2, 0) is 42.9 Å². The van der Waals surface area contributed by atoms with Crippen molar-refractivity contribution in [2.45, 2.75) is 249 Å². The van der Waals surface area contributed by atoms with E-state index in [1.807, 2.05) is 0 Å². The Hall–Kier alpha value is -2.90. The molecule has 0 aromatic heterocycles. The highest BCUT2D eigenvalue weighted by atomic mass is 16.6. The molecule has 0 saturated heterocycles. The molecular formula is C76H156N12O9. The molecule has 0 rings (SSSR count). The average Bonchev–Trinajstić information content (AvgIpc) is 1.20. The van der Waals surface area contributed by atoms with Crippen LogP contribution in [0, 0.1) is 5.41 Å². The van der Waals surface area contributed by atoms with Crippen molar-refractivity contribution in [3.05, 3.63) is 12.2 Å². The first-order chi connectivity index (χ1) is 45.9. The van der Waals surface area contributed by atoms with Crippen molar-refractivity contribution >= 4 is 23.8 Å². The fourth-order valence-corrected chi connectivity index (χ4v) is 10.8. The third-order valence-corrected chi connectivity index (χ3v) is 17.0. The fraction of sp³-hybridized carbons (Fsp3) is 0.921. The van der Waals surface area contributed by atoms with Crippen LogP contribution in [-0.4, -0.2) is 279 Å². The number of esters is 3. The summed E-state index contributed by atoms with van der Waals surface area (Å²) in [5.74, 6) is -0.775. The van der Waals surface area contributed by atoms with E-state index in [1.54, 1.807) is 12.0 Å². The molecule has 0 aliphatic carbocycles. The zero-order valence-electron chi connectivity index (χ0n) is 66.0. The third kappa shape index (κ3) is 63.7. The van der Waals surface area contributed by atoms with E-state index in [4.69, 9.17) is 29.4 Å². The Morgan fingerprint density at radius 2 is 0.784 bits per heavy atom. The SMILES string of the molecule is CCCCCCCC/C=C\CCCCCCCC(=O)N(CCOC(=O)CCNCCN(CCNC(C)(C)C)CCN(CCNC(C)(C)C)CCN(CCNC(C)(C)C)CCN(CCN)CCN(CCNCCC(=O)OCCOCCOC)C(C)(C)C)CCOC(=O)CCC(C)(C)C. The van der Waals surface area contributed by atoms with Gasteiger partial charge >= 0.3 is 17.9 Å². The van der Waals surface area contributed by atoms with Gasteiger partial charge in [0.2, 0.25) is 5.91 Å². The maximum absolute atomic E-state index is 13.6. The van der Waals surface area contributed by atoms with E-state index in [0.717, 1.165) is 163 Å². The van der Waals surface area contributed by atoms with Gasteiger partial charge in [-0.3, -0.25) is 43.7 Å². The predicted octanol–water partition coefficient (Wildman–Crippen LogP) is 9.36. The Morgan fingerprint density at radius 1 is 0.392 bits per heavy atom. The third-order valence-electron chi connectivity index (χ3n) is 17.0. The summed E-state index contributed by atoms with van der Waals surface area (Å²) < 4.78 is 27.0. The molecule has 0 aromatic rings. The molecule has 0 heterocycles. The first-order valence-electron chi connectivity index (χ1n) is 38.3.